The molecule has 2 N–H and O–H groups in total. The Kier molecular flexibility index (Phi) is 4.88. The Labute approximate surface area is 167 Å². The predicted octanol–water partition coefficient (Wildman–Crippen LogP) is 3.40. The first-order valence-corrected chi connectivity index (χ1v) is 9.36. The van der Waals surface area contributed by atoms with Crippen LogP contribution in [0.5, 0.6) is 11.5 Å². The summed E-state index contributed by atoms with van der Waals surface area (Å²) in [6.45, 7) is 0.433. The van der Waals surface area contributed by atoms with Crippen LogP contribution in [0.2, 0.25) is 0 Å². The summed E-state index contributed by atoms with van der Waals surface area (Å²) in [7, 11) is 3.10. The van der Waals surface area contributed by atoms with Crippen LogP contribution in [0.15, 0.2) is 42.6 Å². The molecule has 2 aromatic carbocycles. The molecule has 150 valence electrons. The Balaban J connectivity index is 1.75. The molecule has 0 spiro atoms. The number of ether oxygens (including phenoxy) is 2. The fourth-order valence-corrected chi connectivity index (χ4v) is 4.00. The van der Waals surface area contributed by atoms with E-state index in [4.69, 9.17) is 9.47 Å². The maximum atomic E-state index is 13.3. The highest BCUT2D eigenvalue weighted by molar-refractivity contribution is 5.98. The number of carbonyl (C=O) groups is 2. The van der Waals surface area contributed by atoms with Crippen LogP contribution in [0.4, 0.5) is 0 Å². The summed E-state index contributed by atoms with van der Waals surface area (Å²) < 4.78 is 10.8. The van der Waals surface area contributed by atoms with Crippen molar-refractivity contribution in [2.24, 2.45) is 0 Å². The number of amides is 1. The Bertz CT molecular complexity index is 1090. The molecule has 0 saturated heterocycles. The van der Waals surface area contributed by atoms with Gasteiger partial charge in [-0.2, -0.15) is 0 Å². The van der Waals surface area contributed by atoms with E-state index in [1.165, 1.54) is 7.11 Å². The molecule has 0 saturated carbocycles. The third kappa shape index (κ3) is 3.40. The molecule has 1 atom stereocenters. The maximum Gasteiger partial charge on any atom is 0.305 e. The number of carboxylic acids is 1. The average Bonchev–Trinajstić information content (AvgIpc) is 3.20. The first kappa shape index (κ1) is 18.9. The number of rotatable bonds is 5. The van der Waals surface area contributed by atoms with Crippen molar-refractivity contribution < 1.29 is 24.2 Å². The highest BCUT2D eigenvalue weighted by Gasteiger charge is 2.34. The molecule has 2 heterocycles. The van der Waals surface area contributed by atoms with Crippen molar-refractivity contribution in [2.75, 3.05) is 20.8 Å². The maximum absolute atomic E-state index is 13.3. The molecule has 1 aromatic heterocycles. The Hall–Kier alpha value is -3.48. The third-order valence-electron chi connectivity index (χ3n) is 5.43. The van der Waals surface area contributed by atoms with Crippen molar-refractivity contribution in [3.05, 3.63) is 59.3 Å². The largest absolute Gasteiger partial charge is 0.493 e. The van der Waals surface area contributed by atoms with Crippen molar-refractivity contribution in [1.82, 2.24) is 9.88 Å². The van der Waals surface area contributed by atoms with Crippen LogP contribution in [-0.2, 0) is 11.2 Å². The van der Waals surface area contributed by atoms with E-state index in [1.54, 1.807) is 30.2 Å². The summed E-state index contributed by atoms with van der Waals surface area (Å²) in [5.74, 6) is -0.0375. The van der Waals surface area contributed by atoms with Crippen molar-refractivity contribution in [3.63, 3.8) is 0 Å². The number of aromatic amines is 1. The molecule has 1 aliphatic heterocycles. The molecule has 7 nitrogen and oxygen atoms in total. The first-order valence-electron chi connectivity index (χ1n) is 9.36. The number of benzene rings is 2. The van der Waals surface area contributed by atoms with Gasteiger partial charge in [0.1, 0.15) is 0 Å². The second kappa shape index (κ2) is 7.50. The molecule has 1 unspecified atom stereocenters. The van der Waals surface area contributed by atoms with E-state index >= 15 is 0 Å². The minimum Gasteiger partial charge on any atom is -0.493 e. The lowest BCUT2D eigenvalue weighted by atomic mass is 9.89. The van der Waals surface area contributed by atoms with E-state index in [9.17, 15) is 14.7 Å². The lowest BCUT2D eigenvalue weighted by Crippen LogP contribution is -2.41. The topological polar surface area (TPSA) is 91.9 Å². The van der Waals surface area contributed by atoms with E-state index in [-0.39, 0.29) is 12.3 Å². The molecule has 1 amide bonds. The smallest absolute Gasteiger partial charge is 0.305 e. The van der Waals surface area contributed by atoms with Gasteiger partial charge in [0.15, 0.2) is 11.5 Å². The second-order valence-corrected chi connectivity index (χ2v) is 7.05. The zero-order valence-electron chi connectivity index (χ0n) is 16.3. The van der Waals surface area contributed by atoms with Crippen LogP contribution in [0.1, 0.15) is 33.9 Å². The van der Waals surface area contributed by atoms with Gasteiger partial charge in [0.2, 0.25) is 0 Å². The molecular weight excluding hydrogens is 372 g/mol. The highest BCUT2D eigenvalue weighted by atomic mass is 16.5. The zero-order valence-corrected chi connectivity index (χ0v) is 16.3. The van der Waals surface area contributed by atoms with Gasteiger partial charge in [0, 0.05) is 23.8 Å². The fourth-order valence-electron chi connectivity index (χ4n) is 4.00. The fraction of sp³-hybridized carbons (Fsp3) is 0.273. The molecule has 0 radical (unpaired) electrons. The Morgan fingerprint density at radius 2 is 1.90 bits per heavy atom. The molecule has 29 heavy (non-hydrogen) atoms. The van der Waals surface area contributed by atoms with Crippen LogP contribution >= 0.6 is 0 Å². The van der Waals surface area contributed by atoms with Crippen molar-refractivity contribution >= 4 is 22.8 Å². The number of aromatic nitrogens is 1. The van der Waals surface area contributed by atoms with Crippen LogP contribution < -0.4 is 9.47 Å². The van der Waals surface area contributed by atoms with Crippen molar-refractivity contribution in [1.29, 1.82) is 0 Å². The number of aliphatic carboxylic acids is 1. The minimum absolute atomic E-state index is 0.182. The van der Waals surface area contributed by atoms with Gasteiger partial charge in [-0.05, 0) is 53.3 Å². The first-order chi connectivity index (χ1) is 14.0. The molecule has 0 fully saturated rings. The van der Waals surface area contributed by atoms with E-state index in [0.717, 1.165) is 22.0 Å². The number of H-pyrrole nitrogens is 1. The predicted molar refractivity (Wildman–Crippen MR) is 108 cm³/mol. The van der Waals surface area contributed by atoms with Gasteiger partial charge in [-0.3, -0.25) is 9.59 Å². The van der Waals surface area contributed by atoms with Gasteiger partial charge >= 0.3 is 5.97 Å². The normalized spacial score (nSPS) is 15.8. The van der Waals surface area contributed by atoms with Gasteiger partial charge in [0.05, 0.1) is 26.7 Å². The number of nitrogens with one attached hydrogen (secondary N) is 1. The minimum atomic E-state index is -0.963. The SMILES string of the molecule is COc1cc2c(cc1OC)C(CC(=O)O)N(C(=O)c1ccc3cc[nH]c3c1)CC2. The summed E-state index contributed by atoms with van der Waals surface area (Å²) in [6.07, 6.45) is 2.25. The highest BCUT2D eigenvalue weighted by Crippen LogP contribution is 2.40. The van der Waals surface area contributed by atoms with Gasteiger partial charge in [-0.1, -0.05) is 6.07 Å². The monoisotopic (exact) mass is 394 g/mol. The number of fused-ring (bicyclic) bond motifs is 2. The summed E-state index contributed by atoms with van der Waals surface area (Å²) in [5, 5.41) is 10.5. The summed E-state index contributed by atoms with van der Waals surface area (Å²) in [4.78, 5) is 29.7. The quantitative estimate of drug-likeness (QED) is 0.692. The summed E-state index contributed by atoms with van der Waals surface area (Å²) >= 11 is 0. The van der Waals surface area contributed by atoms with Gasteiger partial charge in [0.25, 0.3) is 5.91 Å². The van der Waals surface area contributed by atoms with E-state index < -0.39 is 12.0 Å². The third-order valence-corrected chi connectivity index (χ3v) is 5.43. The Morgan fingerprint density at radius 1 is 1.14 bits per heavy atom. The number of carboxylic acid groups (broad SMARTS) is 1. The van der Waals surface area contributed by atoms with E-state index in [1.807, 2.05) is 24.4 Å². The molecule has 0 aliphatic carbocycles. The van der Waals surface area contributed by atoms with Crippen LogP contribution in [0.3, 0.4) is 0 Å². The van der Waals surface area contributed by atoms with Crippen LogP contribution in [-0.4, -0.2) is 47.6 Å². The number of hydrogen-bond acceptors (Lipinski definition) is 4. The molecule has 0 bridgehead atoms. The standard InChI is InChI=1S/C22H22N2O5/c1-28-19-10-14-6-8-24(18(12-21(25)26)16(14)11-20(19)29-2)22(27)15-4-3-13-5-7-23-17(13)9-15/h3-5,7,9-11,18,23H,6,8,12H2,1-2H3,(H,25,26). The zero-order chi connectivity index (χ0) is 20.5. The van der Waals surface area contributed by atoms with Gasteiger partial charge in [-0.15, -0.1) is 0 Å². The Morgan fingerprint density at radius 3 is 2.62 bits per heavy atom. The number of carbonyl (C=O) groups excluding carboxylic acids is 1. The van der Waals surface area contributed by atoms with Crippen molar-refractivity contribution in [2.45, 2.75) is 18.9 Å². The molecule has 7 heteroatoms. The van der Waals surface area contributed by atoms with Gasteiger partial charge in [-0.25, -0.2) is 0 Å². The molecule has 3 aromatic rings. The molecular formula is C22H22N2O5. The van der Waals surface area contributed by atoms with Crippen LogP contribution in [0.25, 0.3) is 10.9 Å². The average molecular weight is 394 g/mol. The van der Waals surface area contributed by atoms with E-state index in [0.29, 0.717) is 30.0 Å². The summed E-state index contributed by atoms with van der Waals surface area (Å²) in [6, 6.07) is 10.5. The number of nitrogens with zero attached hydrogens (tertiary/aromatic N) is 1. The molecule has 1 aliphatic rings. The second-order valence-electron chi connectivity index (χ2n) is 7.05. The van der Waals surface area contributed by atoms with Crippen LogP contribution in [0, 0.1) is 0 Å². The lowest BCUT2D eigenvalue weighted by Gasteiger charge is -2.37. The van der Waals surface area contributed by atoms with Crippen molar-refractivity contribution in [3.8, 4) is 11.5 Å². The van der Waals surface area contributed by atoms with E-state index in [2.05, 4.69) is 4.98 Å². The lowest BCUT2D eigenvalue weighted by molar-refractivity contribution is -0.138. The summed E-state index contributed by atoms with van der Waals surface area (Å²) in [5.41, 5.74) is 3.15. The van der Waals surface area contributed by atoms with Gasteiger partial charge < -0.3 is 24.5 Å². The number of methoxy groups -OCH3 is 2. The molecule has 4 rings (SSSR count). The number of hydrogen-bond donors (Lipinski definition) is 2.